The third-order valence-corrected chi connectivity index (χ3v) is 6.79. The quantitative estimate of drug-likeness (QED) is 0.714. The number of aromatic amines is 1. The van der Waals surface area contributed by atoms with Gasteiger partial charge in [-0.2, -0.15) is 0 Å². The molecule has 132 valence electrons. The molecule has 1 aromatic carbocycles. The SMILES string of the molecule is O=S1(=O)CCC(NCCn2cncc2-c2[nH]c3ccccc3c2Cl)C1. The van der Waals surface area contributed by atoms with Crippen molar-refractivity contribution < 1.29 is 8.42 Å². The van der Waals surface area contributed by atoms with Gasteiger partial charge >= 0.3 is 0 Å². The molecule has 0 aliphatic carbocycles. The summed E-state index contributed by atoms with van der Waals surface area (Å²) in [6.07, 6.45) is 4.24. The first-order valence-corrected chi connectivity index (χ1v) is 10.4. The predicted molar refractivity (Wildman–Crippen MR) is 99.6 cm³/mol. The van der Waals surface area contributed by atoms with Gasteiger partial charge in [0.25, 0.3) is 0 Å². The summed E-state index contributed by atoms with van der Waals surface area (Å²) in [5.41, 5.74) is 2.76. The second-order valence-corrected chi connectivity index (χ2v) is 8.99. The second-order valence-electron chi connectivity index (χ2n) is 6.39. The maximum Gasteiger partial charge on any atom is 0.151 e. The largest absolute Gasteiger partial charge is 0.352 e. The number of fused-ring (bicyclic) bond motifs is 1. The lowest BCUT2D eigenvalue weighted by atomic mass is 10.2. The van der Waals surface area contributed by atoms with E-state index in [1.54, 1.807) is 12.5 Å². The van der Waals surface area contributed by atoms with Crippen molar-refractivity contribution in [2.75, 3.05) is 18.1 Å². The van der Waals surface area contributed by atoms with Crippen LogP contribution in [0.5, 0.6) is 0 Å². The zero-order chi connectivity index (χ0) is 17.4. The first-order chi connectivity index (χ1) is 12.0. The minimum Gasteiger partial charge on any atom is -0.352 e. The van der Waals surface area contributed by atoms with Crippen molar-refractivity contribution in [2.45, 2.75) is 19.0 Å². The first kappa shape index (κ1) is 16.6. The number of para-hydroxylation sites is 1. The van der Waals surface area contributed by atoms with Gasteiger partial charge in [-0.15, -0.1) is 0 Å². The van der Waals surface area contributed by atoms with E-state index in [-0.39, 0.29) is 17.5 Å². The maximum atomic E-state index is 11.5. The van der Waals surface area contributed by atoms with E-state index in [1.165, 1.54) is 0 Å². The maximum absolute atomic E-state index is 11.5. The average molecular weight is 379 g/mol. The van der Waals surface area contributed by atoms with E-state index >= 15 is 0 Å². The number of nitrogens with one attached hydrogen (secondary N) is 2. The van der Waals surface area contributed by atoms with Gasteiger partial charge in [-0.25, -0.2) is 13.4 Å². The average Bonchev–Trinajstić information content (AvgIpc) is 3.26. The number of sulfone groups is 1. The molecular weight excluding hydrogens is 360 g/mol. The smallest absolute Gasteiger partial charge is 0.151 e. The molecule has 4 rings (SSSR count). The highest BCUT2D eigenvalue weighted by molar-refractivity contribution is 7.91. The van der Waals surface area contributed by atoms with Gasteiger partial charge in [-0.3, -0.25) is 0 Å². The Morgan fingerprint density at radius 3 is 2.96 bits per heavy atom. The molecule has 1 fully saturated rings. The molecule has 2 N–H and O–H groups in total. The standard InChI is InChI=1S/C17H19ClN4O2S/c18-16-13-3-1-2-4-14(13)21-17(16)15-9-19-11-22(15)7-6-20-12-5-8-25(23,24)10-12/h1-4,9,11-12,20-21H,5-8,10H2. The topological polar surface area (TPSA) is 79.8 Å². The van der Waals surface area contributed by atoms with Crippen molar-refractivity contribution in [2.24, 2.45) is 0 Å². The van der Waals surface area contributed by atoms with Gasteiger partial charge in [-0.1, -0.05) is 29.8 Å². The Morgan fingerprint density at radius 1 is 1.36 bits per heavy atom. The first-order valence-electron chi connectivity index (χ1n) is 8.24. The van der Waals surface area contributed by atoms with Crippen LogP contribution in [0.3, 0.4) is 0 Å². The van der Waals surface area contributed by atoms with Crippen molar-refractivity contribution in [1.82, 2.24) is 19.9 Å². The monoisotopic (exact) mass is 378 g/mol. The lowest BCUT2D eigenvalue weighted by Crippen LogP contribution is -2.32. The fourth-order valence-corrected chi connectivity index (χ4v) is 5.35. The summed E-state index contributed by atoms with van der Waals surface area (Å²) in [5.74, 6) is 0.517. The number of H-pyrrole nitrogens is 1. The summed E-state index contributed by atoms with van der Waals surface area (Å²) in [5, 5.41) is 5.00. The molecule has 2 aromatic heterocycles. The van der Waals surface area contributed by atoms with Gasteiger partial charge in [0, 0.05) is 30.0 Å². The van der Waals surface area contributed by atoms with Crippen LogP contribution < -0.4 is 5.32 Å². The Morgan fingerprint density at radius 2 is 2.20 bits per heavy atom. The number of nitrogens with zero attached hydrogens (tertiary/aromatic N) is 2. The van der Waals surface area contributed by atoms with E-state index in [9.17, 15) is 8.42 Å². The molecule has 25 heavy (non-hydrogen) atoms. The molecule has 0 radical (unpaired) electrons. The highest BCUT2D eigenvalue weighted by Gasteiger charge is 2.27. The lowest BCUT2D eigenvalue weighted by Gasteiger charge is -2.12. The van der Waals surface area contributed by atoms with E-state index in [0.29, 0.717) is 24.5 Å². The Kier molecular flexibility index (Phi) is 4.31. The van der Waals surface area contributed by atoms with Crippen LogP contribution in [0.1, 0.15) is 6.42 Å². The second kappa shape index (κ2) is 6.48. The van der Waals surface area contributed by atoms with Gasteiger partial charge in [-0.05, 0) is 12.5 Å². The van der Waals surface area contributed by atoms with Crippen molar-refractivity contribution >= 4 is 32.3 Å². The molecular formula is C17H19ClN4O2S. The molecule has 0 amide bonds. The van der Waals surface area contributed by atoms with Crippen molar-refractivity contribution in [1.29, 1.82) is 0 Å². The number of imidazole rings is 1. The molecule has 1 aliphatic rings. The van der Waals surface area contributed by atoms with Crippen LogP contribution in [-0.2, 0) is 16.4 Å². The summed E-state index contributed by atoms with van der Waals surface area (Å²) in [6.45, 7) is 1.37. The van der Waals surface area contributed by atoms with Crippen LogP contribution in [0.2, 0.25) is 5.02 Å². The Balaban J connectivity index is 1.50. The van der Waals surface area contributed by atoms with E-state index in [2.05, 4.69) is 15.3 Å². The zero-order valence-electron chi connectivity index (χ0n) is 13.6. The van der Waals surface area contributed by atoms with Crippen LogP contribution in [0, 0.1) is 0 Å². The van der Waals surface area contributed by atoms with Crippen molar-refractivity contribution in [3.8, 4) is 11.4 Å². The van der Waals surface area contributed by atoms with E-state index in [1.807, 2.05) is 28.8 Å². The van der Waals surface area contributed by atoms with Crippen LogP contribution in [-0.4, -0.2) is 47.0 Å². The van der Waals surface area contributed by atoms with Crippen LogP contribution in [0.15, 0.2) is 36.8 Å². The van der Waals surface area contributed by atoms with E-state index in [0.717, 1.165) is 22.3 Å². The molecule has 0 saturated carbocycles. The summed E-state index contributed by atoms with van der Waals surface area (Å²) in [7, 11) is -2.86. The normalized spacial score (nSPS) is 19.6. The van der Waals surface area contributed by atoms with Gasteiger partial charge in [0.2, 0.25) is 0 Å². The Labute approximate surface area is 151 Å². The summed E-state index contributed by atoms with van der Waals surface area (Å²) in [4.78, 5) is 7.60. The molecule has 8 heteroatoms. The number of hydrogen-bond donors (Lipinski definition) is 2. The number of aromatic nitrogens is 3. The predicted octanol–water partition coefficient (Wildman–Crippen LogP) is 2.46. The number of hydrogen-bond acceptors (Lipinski definition) is 4. The van der Waals surface area contributed by atoms with Crippen LogP contribution >= 0.6 is 11.6 Å². The molecule has 1 atom stereocenters. The van der Waals surface area contributed by atoms with Gasteiger partial charge < -0.3 is 14.9 Å². The van der Waals surface area contributed by atoms with Crippen LogP contribution in [0.4, 0.5) is 0 Å². The Hall–Kier alpha value is -1.83. The van der Waals surface area contributed by atoms with Gasteiger partial charge in [0.15, 0.2) is 9.84 Å². The highest BCUT2D eigenvalue weighted by Crippen LogP contribution is 2.34. The highest BCUT2D eigenvalue weighted by atomic mass is 35.5. The van der Waals surface area contributed by atoms with Gasteiger partial charge in [0.05, 0.1) is 40.4 Å². The molecule has 0 spiro atoms. The lowest BCUT2D eigenvalue weighted by molar-refractivity contribution is 0.521. The zero-order valence-corrected chi connectivity index (χ0v) is 15.1. The minimum atomic E-state index is -2.86. The molecule has 6 nitrogen and oxygen atoms in total. The number of benzene rings is 1. The molecule has 3 aromatic rings. The Bertz CT molecular complexity index is 1010. The van der Waals surface area contributed by atoms with Crippen molar-refractivity contribution in [3.63, 3.8) is 0 Å². The molecule has 1 aliphatic heterocycles. The molecule has 3 heterocycles. The number of halogens is 1. The molecule has 1 unspecified atom stereocenters. The van der Waals surface area contributed by atoms with Crippen molar-refractivity contribution in [3.05, 3.63) is 41.8 Å². The molecule has 1 saturated heterocycles. The number of rotatable bonds is 5. The summed E-state index contributed by atoms with van der Waals surface area (Å²) in [6, 6.07) is 7.96. The fourth-order valence-electron chi connectivity index (χ4n) is 3.34. The van der Waals surface area contributed by atoms with Crippen LogP contribution in [0.25, 0.3) is 22.3 Å². The minimum absolute atomic E-state index is 0.0497. The van der Waals surface area contributed by atoms with Gasteiger partial charge in [0.1, 0.15) is 0 Å². The third-order valence-electron chi connectivity index (χ3n) is 4.63. The molecule has 0 bridgehead atoms. The van der Waals surface area contributed by atoms with E-state index in [4.69, 9.17) is 11.6 Å². The van der Waals surface area contributed by atoms with E-state index < -0.39 is 9.84 Å². The fraction of sp³-hybridized carbons (Fsp3) is 0.353. The summed E-state index contributed by atoms with van der Waals surface area (Å²) < 4.78 is 25.1. The summed E-state index contributed by atoms with van der Waals surface area (Å²) >= 11 is 6.53. The third kappa shape index (κ3) is 3.31.